The molecule has 2 rings (SSSR count). The Labute approximate surface area is 147 Å². The fraction of sp³-hybridized carbons (Fsp3) is 0.438. The van der Waals surface area contributed by atoms with E-state index >= 15 is 0 Å². The molecule has 1 N–H and O–H groups in total. The topological polar surface area (TPSA) is 105 Å². The van der Waals surface area contributed by atoms with Crippen molar-refractivity contribution >= 4 is 27.1 Å². The van der Waals surface area contributed by atoms with Crippen LogP contribution in [0.2, 0.25) is 0 Å². The molecule has 0 aliphatic heterocycles. The third-order valence-corrected chi connectivity index (χ3v) is 6.06. The van der Waals surface area contributed by atoms with Crippen molar-refractivity contribution in [2.45, 2.75) is 38.5 Å². The molecule has 8 nitrogen and oxygen atoms in total. The van der Waals surface area contributed by atoms with Gasteiger partial charge in [0.25, 0.3) is 5.69 Å². The molecular formula is C16H22N4O4S. The van der Waals surface area contributed by atoms with E-state index in [-0.39, 0.29) is 16.3 Å². The summed E-state index contributed by atoms with van der Waals surface area (Å²) >= 11 is 0. The first kappa shape index (κ1) is 19.1. The van der Waals surface area contributed by atoms with Gasteiger partial charge in [0.05, 0.1) is 15.5 Å². The molecule has 1 aromatic carbocycles. The monoisotopic (exact) mass is 366 g/mol. The zero-order chi connectivity index (χ0) is 18.6. The fourth-order valence-electron chi connectivity index (χ4n) is 2.60. The second kappa shape index (κ2) is 7.75. The Morgan fingerprint density at radius 3 is 2.48 bits per heavy atom. The normalized spacial score (nSPS) is 16.3. The zero-order valence-electron chi connectivity index (χ0n) is 14.5. The maximum atomic E-state index is 12.5. The highest BCUT2D eigenvalue weighted by molar-refractivity contribution is 7.89. The first-order chi connectivity index (χ1) is 11.8. The number of nitrogens with one attached hydrogen (secondary N) is 1. The van der Waals surface area contributed by atoms with Gasteiger partial charge in [0.15, 0.2) is 0 Å². The number of hydrogen-bond acceptors (Lipinski definition) is 6. The lowest BCUT2D eigenvalue weighted by atomic mass is 10.3. The lowest BCUT2D eigenvalue weighted by molar-refractivity contribution is -0.384. The van der Waals surface area contributed by atoms with Crippen molar-refractivity contribution in [2.75, 3.05) is 18.5 Å². The molecule has 0 saturated carbocycles. The van der Waals surface area contributed by atoms with Crippen LogP contribution in [-0.2, 0) is 10.0 Å². The summed E-state index contributed by atoms with van der Waals surface area (Å²) in [5, 5.41) is 15.5. The van der Waals surface area contributed by atoms with Crippen LogP contribution in [0.25, 0.3) is 0 Å². The van der Waals surface area contributed by atoms with Crippen LogP contribution in [0.4, 0.5) is 11.4 Å². The zero-order valence-corrected chi connectivity index (χ0v) is 15.3. The molecule has 0 bridgehead atoms. The van der Waals surface area contributed by atoms with E-state index in [0.29, 0.717) is 13.1 Å². The lowest BCUT2D eigenvalue weighted by Crippen LogP contribution is -2.30. The number of hydrogen-bond donors (Lipinski definition) is 1. The molecule has 0 unspecified atom stereocenters. The number of hydrazone groups is 1. The van der Waals surface area contributed by atoms with Crippen LogP contribution < -0.4 is 5.43 Å². The van der Waals surface area contributed by atoms with E-state index in [4.69, 9.17) is 0 Å². The molecule has 136 valence electrons. The van der Waals surface area contributed by atoms with Gasteiger partial charge in [-0.1, -0.05) is 19.4 Å². The lowest BCUT2D eigenvalue weighted by Gasteiger charge is -2.18. The first-order valence-corrected chi connectivity index (χ1v) is 9.52. The Morgan fingerprint density at radius 1 is 1.28 bits per heavy atom. The highest BCUT2D eigenvalue weighted by atomic mass is 32.2. The summed E-state index contributed by atoms with van der Waals surface area (Å²) in [6, 6.07) is 3.81. The van der Waals surface area contributed by atoms with Crippen molar-refractivity contribution < 1.29 is 13.3 Å². The summed E-state index contributed by atoms with van der Waals surface area (Å²) in [4.78, 5) is 10.6. The third kappa shape index (κ3) is 4.23. The molecule has 0 atom stereocenters. The first-order valence-electron chi connectivity index (χ1n) is 8.08. The highest BCUT2D eigenvalue weighted by Gasteiger charge is 2.25. The molecule has 0 fully saturated rings. The Hall–Kier alpha value is -2.26. The predicted octanol–water partition coefficient (Wildman–Crippen LogP) is 3.13. The van der Waals surface area contributed by atoms with E-state index in [1.54, 1.807) is 13.8 Å². The second-order valence-corrected chi connectivity index (χ2v) is 7.67. The Bertz CT molecular complexity index is 827. The smallest absolute Gasteiger partial charge is 0.271 e. The van der Waals surface area contributed by atoms with Gasteiger partial charge in [0.2, 0.25) is 10.0 Å². The second-order valence-electron chi connectivity index (χ2n) is 5.73. The number of nitro benzene ring substituents is 1. The molecule has 1 aliphatic carbocycles. The van der Waals surface area contributed by atoms with E-state index < -0.39 is 14.9 Å². The SMILES string of the molecule is CCN(CC)S(=O)(=O)c1ccc(NN=C2C=C(C)CC2)c([N+](=O)[O-])c1. The van der Waals surface area contributed by atoms with Crippen LogP contribution in [0.5, 0.6) is 0 Å². The number of allylic oxidation sites excluding steroid dienone is 2. The number of benzene rings is 1. The summed E-state index contributed by atoms with van der Waals surface area (Å²) in [5.41, 5.74) is 4.54. The van der Waals surface area contributed by atoms with Crippen molar-refractivity contribution in [1.82, 2.24) is 4.31 Å². The largest absolute Gasteiger partial charge is 0.295 e. The molecule has 0 heterocycles. The summed E-state index contributed by atoms with van der Waals surface area (Å²) in [5.74, 6) is 0. The van der Waals surface area contributed by atoms with Gasteiger partial charge >= 0.3 is 0 Å². The van der Waals surface area contributed by atoms with Gasteiger partial charge in [0, 0.05) is 19.2 Å². The van der Waals surface area contributed by atoms with Gasteiger partial charge in [-0.15, -0.1) is 0 Å². The number of sulfonamides is 1. The Balaban J connectivity index is 2.37. The van der Waals surface area contributed by atoms with Gasteiger partial charge in [0.1, 0.15) is 5.69 Å². The van der Waals surface area contributed by atoms with Gasteiger partial charge < -0.3 is 0 Å². The number of rotatable bonds is 7. The summed E-state index contributed by atoms with van der Waals surface area (Å²) in [6.07, 6.45) is 3.63. The van der Waals surface area contributed by atoms with Crippen LogP contribution in [0.3, 0.4) is 0 Å². The van der Waals surface area contributed by atoms with Crippen molar-refractivity contribution in [1.29, 1.82) is 0 Å². The Morgan fingerprint density at radius 2 is 1.96 bits per heavy atom. The average Bonchev–Trinajstić information content (AvgIpc) is 2.99. The minimum Gasteiger partial charge on any atom is -0.271 e. The average molecular weight is 366 g/mol. The number of anilines is 1. The molecule has 0 saturated heterocycles. The molecule has 1 aromatic rings. The number of nitrogens with zero attached hydrogens (tertiary/aromatic N) is 3. The standard InChI is InChI=1S/C16H22N4O4S/c1-4-19(5-2)25(23,24)14-8-9-15(16(11-14)20(21)22)18-17-13-7-6-12(3)10-13/h8-11,18H,4-7H2,1-3H3. The van der Waals surface area contributed by atoms with Gasteiger partial charge in [-0.25, -0.2) is 8.42 Å². The van der Waals surface area contributed by atoms with E-state index in [0.717, 1.165) is 24.6 Å². The summed E-state index contributed by atoms with van der Waals surface area (Å²) < 4.78 is 26.3. The van der Waals surface area contributed by atoms with E-state index in [9.17, 15) is 18.5 Å². The van der Waals surface area contributed by atoms with Crippen molar-refractivity contribution in [3.8, 4) is 0 Å². The van der Waals surface area contributed by atoms with E-state index in [1.165, 1.54) is 22.0 Å². The van der Waals surface area contributed by atoms with Crippen LogP contribution in [0, 0.1) is 10.1 Å². The minimum absolute atomic E-state index is 0.0993. The highest BCUT2D eigenvalue weighted by Crippen LogP contribution is 2.29. The van der Waals surface area contributed by atoms with E-state index in [1.807, 2.05) is 13.0 Å². The molecular weight excluding hydrogens is 344 g/mol. The minimum atomic E-state index is -3.76. The van der Waals surface area contributed by atoms with E-state index in [2.05, 4.69) is 10.5 Å². The van der Waals surface area contributed by atoms with Gasteiger partial charge in [-0.2, -0.15) is 9.41 Å². The van der Waals surface area contributed by atoms with Crippen molar-refractivity contribution in [2.24, 2.45) is 5.10 Å². The maximum Gasteiger partial charge on any atom is 0.295 e. The molecule has 1 aliphatic rings. The fourth-order valence-corrected chi connectivity index (χ4v) is 4.08. The Kier molecular flexibility index (Phi) is 5.91. The quantitative estimate of drug-likeness (QED) is 0.589. The van der Waals surface area contributed by atoms with Crippen LogP contribution >= 0.6 is 0 Å². The van der Waals surface area contributed by atoms with Gasteiger partial charge in [-0.3, -0.25) is 15.5 Å². The molecule has 0 aromatic heterocycles. The summed E-state index contributed by atoms with van der Waals surface area (Å²) in [6.45, 7) is 6.03. The predicted molar refractivity (Wildman–Crippen MR) is 97.3 cm³/mol. The van der Waals surface area contributed by atoms with Crippen LogP contribution in [0.15, 0.2) is 39.8 Å². The maximum absolute atomic E-state index is 12.5. The summed E-state index contributed by atoms with van der Waals surface area (Å²) in [7, 11) is -3.76. The van der Waals surface area contributed by atoms with Crippen molar-refractivity contribution in [3.63, 3.8) is 0 Å². The molecule has 25 heavy (non-hydrogen) atoms. The molecule has 0 spiro atoms. The van der Waals surface area contributed by atoms with Crippen molar-refractivity contribution in [3.05, 3.63) is 40.0 Å². The number of nitro groups is 1. The molecule has 0 radical (unpaired) electrons. The van der Waals surface area contributed by atoms with Gasteiger partial charge in [-0.05, 0) is 38.0 Å². The van der Waals surface area contributed by atoms with Crippen LogP contribution in [-0.4, -0.2) is 36.4 Å². The van der Waals surface area contributed by atoms with Crippen LogP contribution in [0.1, 0.15) is 33.6 Å². The molecule has 0 amide bonds. The molecule has 9 heteroatoms. The third-order valence-electron chi connectivity index (χ3n) is 4.02.